The van der Waals surface area contributed by atoms with E-state index in [-0.39, 0.29) is 30.4 Å². The molecule has 0 aliphatic carbocycles. The molecule has 0 radical (unpaired) electrons. The summed E-state index contributed by atoms with van der Waals surface area (Å²) in [6.07, 6.45) is 0.467. The Morgan fingerprint density at radius 3 is 2.89 bits per heavy atom. The van der Waals surface area contributed by atoms with Gasteiger partial charge in [0.15, 0.2) is 0 Å². The molecule has 2 N–H and O–H groups in total. The smallest absolute Gasteiger partial charge is 0.307 e. The van der Waals surface area contributed by atoms with Crippen LogP contribution in [0.2, 0.25) is 0 Å². The topological polar surface area (TPSA) is 76.7 Å². The van der Waals surface area contributed by atoms with Crippen LogP contribution in [-0.4, -0.2) is 50.3 Å². The molecule has 1 saturated heterocycles. The molecule has 1 aliphatic heterocycles. The SMILES string of the molecule is CC(C)OC(=O)CCNC(=O)CC1COCCN1. The van der Waals surface area contributed by atoms with Gasteiger partial charge >= 0.3 is 5.97 Å². The Balaban J connectivity index is 2.07. The van der Waals surface area contributed by atoms with Crippen molar-refractivity contribution in [2.45, 2.75) is 38.8 Å². The zero-order valence-electron chi connectivity index (χ0n) is 11.0. The molecular formula is C12H22N2O4. The standard InChI is InChI=1S/C12H22N2O4/c1-9(2)18-12(16)3-4-14-11(15)7-10-8-17-6-5-13-10/h9-10,13H,3-8H2,1-2H3,(H,14,15). The van der Waals surface area contributed by atoms with Crippen LogP contribution in [0.1, 0.15) is 26.7 Å². The Morgan fingerprint density at radius 2 is 2.28 bits per heavy atom. The van der Waals surface area contributed by atoms with E-state index in [2.05, 4.69) is 10.6 Å². The molecule has 1 aliphatic rings. The average molecular weight is 258 g/mol. The predicted octanol–water partition coefficient (Wildman–Crippen LogP) is -0.177. The van der Waals surface area contributed by atoms with Crippen molar-refractivity contribution in [2.24, 2.45) is 0 Å². The minimum absolute atomic E-state index is 0.0707. The molecule has 6 heteroatoms. The van der Waals surface area contributed by atoms with E-state index in [1.165, 1.54) is 0 Å². The normalized spacial score (nSPS) is 19.6. The molecule has 0 aromatic carbocycles. The summed E-state index contributed by atoms with van der Waals surface area (Å²) in [5.74, 6) is -0.361. The number of amides is 1. The van der Waals surface area contributed by atoms with Gasteiger partial charge in [0.05, 0.1) is 25.7 Å². The van der Waals surface area contributed by atoms with Crippen molar-refractivity contribution in [2.75, 3.05) is 26.3 Å². The first-order valence-corrected chi connectivity index (χ1v) is 6.35. The van der Waals surface area contributed by atoms with Crippen LogP contribution in [0.25, 0.3) is 0 Å². The molecule has 0 aromatic rings. The van der Waals surface area contributed by atoms with Gasteiger partial charge in [0.25, 0.3) is 0 Å². The Labute approximate surface area is 107 Å². The van der Waals surface area contributed by atoms with Crippen molar-refractivity contribution in [3.63, 3.8) is 0 Å². The quantitative estimate of drug-likeness (QED) is 0.646. The van der Waals surface area contributed by atoms with Crippen molar-refractivity contribution >= 4 is 11.9 Å². The predicted molar refractivity (Wildman–Crippen MR) is 66.1 cm³/mol. The van der Waals surface area contributed by atoms with Crippen LogP contribution in [0.3, 0.4) is 0 Å². The fraction of sp³-hybridized carbons (Fsp3) is 0.833. The molecule has 0 bridgehead atoms. The van der Waals surface area contributed by atoms with Gasteiger partial charge < -0.3 is 20.1 Å². The lowest BCUT2D eigenvalue weighted by atomic mass is 10.2. The van der Waals surface area contributed by atoms with E-state index in [0.717, 1.165) is 6.54 Å². The van der Waals surface area contributed by atoms with Crippen LogP contribution in [0.5, 0.6) is 0 Å². The van der Waals surface area contributed by atoms with Gasteiger partial charge in [-0.25, -0.2) is 0 Å². The second-order valence-corrected chi connectivity index (χ2v) is 4.57. The molecule has 104 valence electrons. The lowest BCUT2D eigenvalue weighted by molar-refractivity contribution is -0.147. The van der Waals surface area contributed by atoms with Gasteiger partial charge in [-0.2, -0.15) is 0 Å². The van der Waals surface area contributed by atoms with Crippen LogP contribution in [0.15, 0.2) is 0 Å². The number of rotatable bonds is 6. The maximum absolute atomic E-state index is 11.6. The monoisotopic (exact) mass is 258 g/mol. The van der Waals surface area contributed by atoms with Gasteiger partial charge in [-0.3, -0.25) is 9.59 Å². The Bertz CT molecular complexity index is 275. The summed E-state index contributed by atoms with van der Waals surface area (Å²) in [6, 6.07) is 0.0707. The second-order valence-electron chi connectivity index (χ2n) is 4.57. The molecular weight excluding hydrogens is 236 g/mol. The van der Waals surface area contributed by atoms with Crippen molar-refractivity contribution in [1.82, 2.24) is 10.6 Å². The third-order valence-corrected chi connectivity index (χ3v) is 2.45. The molecule has 1 unspecified atom stereocenters. The molecule has 1 rings (SSSR count). The zero-order chi connectivity index (χ0) is 13.4. The summed E-state index contributed by atoms with van der Waals surface area (Å²) in [7, 11) is 0. The highest BCUT2D eigenvalue weighted by Crippen LogP contribution is 1.98. The highest BCUT2D eigenvalue weighted by atomic mass is 16.5. The van der Waals surface area contributed by atoms with Crippen LogP contribution in [0, 0.1) is 0 Å². The highest BCUT2D eigenvalue weighted by molar-refractivity contribution is 5.77. The van der Waals surface area contributed by atoms with E-state index in [1.807, 2.05) is 0 Å². The lowest BCUT2D eigenvalue weighted by Gasteiger charge is -2.23. The molecule has 1 amide bonds. The number of morpholine rings is 1. The average Bonchev–Trinajstić information content (AvgIpc) is 2.29. The minimum atomic E-state index is -0.288. The first-order chi connectivity index (χ1) is 8.58. The van der Waals surface area contributed by atoms with Gasteiger partial charge in [-0.15, -0.1) is 0 Å². The molecule has 1 heterocycles. The summed E-state index contributed by atoms with van der Waals surface area (Å²) >= 11 is 0. The number of nitrogens with one attached hydrogen (secondary N) is 2. The molecule has 18 heavy (non-hydrogen) atoms. The Morgan fingerprint density at radius 1 is 1.50 bits per heavy atom. The fourth-order valence-corrected chi connectivity index (χ4v) is 1.67. The van der Waals surface area contributed by atoms with Crippen molar-refractivity contribution < 1.29 is 19.1 Å². The van der Waals surface area contributed by atoms with E-state index in [1.54, 1.807) is 13.8 Å². The third kappa shape index (κ3) is 6.56. The minimum Gasteiger partial charge on any atom is -0.463 e. The molecule has 6 nitrogen and oxygen atoms in total. The van der Waals surface area contributed by atoms with Crippen molar-refractivity contribution in [3.8, 4) is 0 Å². The number of hydrogen-bond acceptors (Lipinski definition) is 5. The lowest BCUT2D eigenvalue weighted by Crippen LogP contribution is -2.44. The molecule has 0 saturated carbocycles. The van der Waals surface area contributed by atoms with E-state index in [4.69, 9.17) is 9.47 Å². The number of hydrogen-bond donors (Lipinski definition) is 2. The fourth-order valence-electron chi connectivity index (χ4n) is 1.67. The van der Waals surface area contributed by atoms with Gasteiger partial charge in [0.2, 0.25) is 5.91 Å². The van der Waals surface area contributed by atoms with Crippen LogP contribution < -0.4 is 10.6 Å². The number of ether oxygens (including phenoxy) is 2. The Hall–Kier alpha value is -1.14. The summed E-state index contributed by atoms with van der Waals surface area (Å²) in [5, 5.41) is 5.90. The first-order valence-electron chi connectivity index (χ1n) is 6.35. The summed E-state index contributed by atoms with van der Waals surface area (Å²) in [4.78, 5) is 22.8. The first kappa shape index (κ1) is 14.9. The number of carbonyl (C=O) groups excluding carboxylic acids is 2. The van der Waals surface area contributed by atoms with Crippen LogP contribution in [0.4, 0.5) is 0 Å². The zero-order valence-corrected chi connectivity index (χ0v) is 11.0. The van der Waals surface area contributed by atoms with E-state index >= 15 is 0 Å². The van der Waals surface area contributed by atoms with E-state index < -0.39 is 0 Å². The van der Waals surface area contributed by atoms with Gasteiger partial charge in [0, 0.05) is 25.6 Å². The van der Waals surface area contributed by atoms with Gasteiger partial charge in [-0.1, -0.05) is 0 Å². The summed E-state index contributed by atoms with van der Waals surface area (Å²) in [6.45, 7) is 5.94. The van der Waals surface area contributed by atoms with Crippen molar-refractivity contribution in [3.05, 3.63) is 0 Å². The highest BCUT2D eigenvalue weighted by Gasteiger charge is 2.16. The number of esters is 1. The van der Waals surface area contributed by atoms with Gasteiger partial charge in [0.1, 0.15) is 0 Å². The van der Waals surface area contributed by atoms with Crippen LogP contribution >= 0.6 is 0 Å². The van der Waals surface area contributed by atoms with E-state index in [9.17, 15) is 9.59 Å². The molecule has 0 spiro atoms. The summed E-state index contributed by atoms with van der Waals surface area (Å²) < 4.78 is 10.2. The third-order valence-electron chi connectivity index (χ3n) is 2.45. The number of carbonyl (C=O) groups is 2. The van der Waals surface area contributed by atoms with Gasteiger partial charge in [-0.05, 0) is 13.8 Å². The van der Waals surface area contributed by atoms with Crippen LogP contribution in [-0.2, 0) is 19.1 Å². The molecule has 1 atom stereocenters. The summed E-state index contributed by atoms with van der Waals surface area (Å²) in [5.41, 5.74) is 0. The van der Waals surface area contributed by atoms with E-state index in [0.29, 0.717) is 26.2 Å². The maximum Gasteiger partial charge on any atom is 0.307 e. The maximum atomic E-state index is 11.6. The molecule has 0 aromatic heterocycles. The molecule has 1 fully saturated rings. The Kier molecular flexibility index (Phi) is 6.67. The van der Waals surface area contributed by atoms with Crippen molar-refractivity contribution in [1.29, 1.82) is 0 Å². The largest absolute Gasteiger partial charge is 0.463 e. The second kappa shape index (κ2) is 8.05.